The lowest BCUT2D eigenvalue weighted by Crippen LogP contribution is -2.45. The van der Waals surface area contributed by atoms with Crippen LogP contribution in [-0.2, 0) is 19.1 Å². The van der Waals surface area contributed by atoms with E-state index in [0.717, 1.165) is 16.7 Å². The van der Waals surface area contributed by atoms with Gasteiger partial charge in [-0.3, -0.25) is 9.59 Å². The molecule has 3 aromatic rings. The number of hydrogen-bond donors (Lipinski definition) is 2. The van der Waals surface area contributed by atoms with Crippen LogP contribution in [0.5, 0.6) is 0 Å². The zero-order chi connectivity index (χ0) is 24.6. The van der Waals surface area contributed by atoms with Gasteiger partial charge >= 0.3 is 5.97 Å². The normalized spacial score (nSPS) is 12.6. The molecule has 3 aromatic carbocycles. The molecule has 0 saturated carbocycles. The summed E-state index contributed by atoms with van der Waals surface area (Å²) in [6, 6.07) is 29.9. The van der Waals surface area contributed by atoms with Gasteiger partial charge in [-0.1, -0.05) is 91.0 Å². The monoisotopic (exact) mass is 476 g/mol. The quantitative estimate of drug-likeness (QED) is 0.351. The number of rotatable bonds is 9. The van der Waals surface area contributed by atoms with Gasteiger partial charge in [-0.15, -0.1) is 11.8 Å². The van der Waals surface area contributed by atoms with Crippen LogP contribution in [0.25, 0.3) is 0 Å². The van der Waals surface area contributed by atoms with Gasteiger partial charge < -0.3 is 15.8 Å². The van der Waals surface area contributed by atoms with E-state index in [9.17, 15) is 9.59 Å². The van der Waals surface area contributed by atoms with Crippen LogP contribution in [0.3, 0.4) is 0 Å². The molecular formula is C28H32N2O3S. The molecule has 178 valence electrons. The van der Waals surface area contributed by atoms with Gasteiger partial charge in [-0.2, -0.15) is 0 Å². The Morgan fingerprint density at radius 2 is 1.24 bits per heavy atom. The highest BCUT2D eigenvalue weighted by Gasteiger charge is 2.37. The molecule has 0 aromatic heterocycles. The summed E-state index contributed by atoms with van der Waals surface area (Å²) in [6.45, 7) is 5.14. The average Bonchev–Trinajstić information content (AvgIpc) is 2.84. The van der Waals surface area contributed by atoms with E-state index in [4.69, 9.17) is 10.5 Å². The zero-order valence-corrected chi connectivity index (χ0v) is 20.7. The second-order valence-corrected chi connectivity index (χ2v) is 10.2. The molecule has 0 fully saturated rings. The lowest BCUT2D eigenvalue weighted by molar-refractivity contribution is -0.154. The summed E-state index contributed by atoms with van der Waals surface area (Å²) in [5.74, 6) is -0.534. The summed E-state index contributed by atoms with van der Waals surface area (Å²) in [7, 11) is 0. The van der Waals surface area contributed by atoms with Crippen molar-refractivity contribution in [1.29, 1.82) is 0 Å². The van der Waals surface area contributed by atoms with Crippen LogP contribution in [0, 0.1) is 0 Å². The van der Waals surface area contributed by atoms with Crippen molar-refractivity contribution in [2.75, 3.05) is 12.3 Å². The summed E-state index contributed by atoms with van der Waals surface area (Å²) >= 11 is 1.61. The van der Waals surface area contributed by atoms with Gasteiger partial charge in [-0.05, 0) is 37.5 Å². The molecule has 0 saturated heterocycles. The third-order valence-electron chi connectivity index (χ3n) is 5.18. The number of nitrogens with two attached hydrogens (primary N) is 1. The molecule has 0 unspecified atom stereocenters. The molecular weight excluding hydrogens is 444 g/mol. The predicted molar refractivity (Wildman–Crippen MR) is 138 cm³/mol. The first-order chi connectivity index (χ1) is 16.2. The van der Waals surface area contributed by atoms with Crippen molar-refractivity contribution in [2.45, 2.75) is 37.2 Å². The van der Waals surface area contributed by atoms with Crippen LogP contribution in [0.1, 0.15) is 37.5 Å². The Morgan fingerprint density at radius 3 is 1.62 bits per heavy atom. The highest BCUT2D eigenvalue weighted by molar-refractivity contribution is 8.00. The number of hydrogen-bond acceptors (Lipinski definition) is 5. The highest BCUT2D eigenvalue weighted by atomic mass is 32.2. The number of thioether (sulfide) groups is 1. The van der Waals surface area contributed by atoms with Crippen LogP contribution in [0.4, 0.5) is 0 Å². The topological polar surface area (TPSA) is 81.4 Å². The molecule has 3 rings (SSSR count). The molecule has 5 nitrogen and oxygen atoms in total. The summed E-state index contributed by atoms with van der Waals surface area (Å²) < 4.78 is 4.69. The maximum atomic E-state index is 12.7. The van der Waals surface area contributed by atoms with Crippen molar-refractivity contribution in [3.05, 3.63) is 108 Å². The summed E-state index contributed by atoms with van der Waals surface area (Å²) in [4.78, 5) is 24.7. The van der Waals surface area contributed by atoms with Crippen molar-refractivity contribution in [1.82, 2.24) is 5.32 Å². The second kappa shape index (κ2) is 11.4. The molecule has 1 amide bonds. The van der Waals surface area contributed by atoms with Crippen molar-refractivity contribution >= 4 is 23.6 Å². The summed E-state index contributed by atoms with van der Waals surface area (Å²) in [5.41, 5.74) is 8.96. The molecule has 0 aliphatic carbocycles. The third kappa shape index (κ3) is 6.49. The molecule has 0 radical (unpaired) electrons. The van der Waals surface area contributed by atoms with Crippen molar-refractivity contribution in [3.8, 4) is 0 Å². The van der Waals surface area contributed by atoms with Gasteiger partial charge in [0.25, 0.3) is 0 Å². The molecule has 0 heterocycles. The summed E-state index contributed by atoms with van der Waals surface area (Å²) in [6.07, 6.45) is 0. The number of ether oxygens (including phenoxy) is 1. The highest BCUT2D eigenvalue weighted by Crippen LogP contribution is 2.48. The Kier molecular flexibility index (Phi) is 8.53. The average molecular weight is 477 g/mol. The van der Waals surface area contributed by atoms with E-state index in [2.05, 4.69) is 41.7 Å². The Hall–Kier alpha value is -3.09. The molecule has 3 N–H and O–H groups in total. The SMILES string of the molecule is CC(C)(C)OC(=O)CNC(=O)[C@@H](N)CSC(c1ccccc1)(c1ccccc1)c1ccccc1. The molecule has 1 atom stereocenters. The number of carbonyl (C=O) groups excluding carboxylic acids is 2. The molecule has 0 aliphatic rings. The number of esters is 1. The third-order valence-corrected chi connectivity index (χ3v) is 6.85. The Bertz CT molecular complexity index is 970. The molecule has 6 heteroatoms. The van der Waals surface area contributed by atoms with Crippen molar-refractivity contribution in [3.63, 3.8) is 0 Å². The van der Waals surface area contributed by atoms with E-state index < -0.39 is 22.4 Å². The summed E-state index contributed by atoms with van der Waals surface area (Å²) in [5, 5.41) is 2.61. The van der Waals surface area contributed by atoms with Gasteiger partial charge in [0.05, 0.1) is 10.8 Å². The van der Waals surface area contributed by atoms with Gasteiger partial charge in [-0.25, -0.2) is 0 Å². The van der Waals surface area contributed by atoms with Crippen LogP contribution >= 0.6 is 11.8 Å². The fourth-order valence-corrected chi connectivity index (χ4v) is 5.22. The largest absolute Gasteiger partial charge is 0.459 e. The molecule has 0 bridgehead atoms. The fourth-order valence-electron chi connectivity index (χ4n) is 3.73. The standard InChI is InChI=1S/C28H32N2O3S/c1-27(2,3)33-25(31)19-30-26(32)24(29)20-34-28(21-13-7-4-8-14-21,22-15-9-5-10-16-22)23-17-11-6-12-18-23/h4-18,24H,19-20,29H2,1-3H3,(H,30,32)/t24-/m0/s1. The zero-order valence-electron chi connectivity index (χ0n) is 19.9. The lowest BCUT2D eigenvalue weighted by Gasteiger charge is -2.36. The number of benzene rings is 3. The lowest BCUT2D eigenvalue weighted by atomic mass is 9.84. The Balaban J connectivity index is 1.86. The van der Waals surface area contributed by atoms with Crippen LogP contribution in [-0.4, -0.2) is 35.8 Å². The minimum Gasteiger partial charge on any atom is -0.459 e. The van der Waals surface area contributed by atoms with Crippen LogP contribution in [0.2, 0.25) is 0 Å². The first-order valence-electron chi connectivity index (χ1n) is 11.3. The number of carbonyl (C=O) groups is 2. The predicted octanol–water partition coefficient (Wildman–Crippen LogP) is 4.50. The first-order valence-corrected chi connectivity index (χ1v) is 12.3. The molecule has 0 aliphatic heterocycles. The second-order valence-electron chi connectivity index (χ2n) is 9.00. The van der Waals surface area contributed by atoms with E-state index >= 15 is 0 Å². The van der Waals surface area contributed by atoms with Gasteiger partial charge in [0.1, 0.15) is 12.1 Å². The maximum Gasteiger partial charge on any atom is 0.325 e. The molecule has 0 spiro atoms. The van der Waals surface area contributed by atoms with E-state index in [1.807, 2.05) is 54.6 Å². The Morgan fingerprint density at radius 1 is 0.824 bits per heavy atom. The van der Waals surface area contributed by atoms with E-state index in [1.165, 1.54) is 0 Å². The Labute approximate surface area is 206 Å². The van der Waals surface area contributed by atoms with Gasteiger partial charge in [0, 0.05) is 5.75 Å². The van der Waals surface area contributed by atoms with E-state index in [1.54, 1.807) is 32.5 Å². The smallest absolute Gasteiger partial charge is 0.325 e. The number of amides is 1. The van der Waals surface area contributed by atoms with Crippen molar-refractivity contribution in [2.24, 2.45) is 5.73 Å². The number of nitrogens with one attached hydrogen (secondary N) is 1. The fraction of sp³-hybridized carbons (Fsp3) is 0.286. The first kappa shape index (κ1) is 25.5. The van der Waals surface area contributed by atoms with Gasteiger partial charge in [0.15, 0.2) is 0 Å². The maximum absolute atomic E-state index is 12.7. The van der Waals surface area contributed by atoms with Crippen LogP contribution < -0.4 is 11.1 Å². The minimum atomic E-state index is -0.803. The van der Waals surface area contributed by atoms with Gasteiger partial charge in [0.2, 0.25) is 5.91 Å². The minimum absolute atomic E-state index is 0.213. The van der Waals surface area contributed by atoms with E-state index in [0.29, 0.717) is 5.75 Å². The van der Waals surface area contributed by atoms with Crippen molar-refractivity contribution < 1.29 is 14.3 Å². The molecule has 34 heavy (non-hydrogen) atoms. The van der Waals surface area contributed by atoms with E-state index in [-0.39, 0.29) is 12.5 Å². The van der Waals surface area contributed by atoms with Crippen LogP contribution in [0.15, 0.2) is 91.0 Å².